The Morgan fingerprint density at radius 3 is 2.67 bits per heavy atom. The third-order valence-corrected chi connectivity index (χ3v) is 4.95. The van der Waals surface area contributed by atoms with Crippen LogP contribution >= 0.6 is 11.8 Å². The number of hydrogen-bond acceptors (Lipinski definition) is 6. The molecule has 0 aliphatic rings. The summed E-state index contributed by atoms with van der Waals surface area (Å²) in [7, 11) is 0. The highest BCUT2D eigenvalue weighted by molar-refractivity contribution is 7.99. The van der Waals surface area contributed by atoms with Crippen LogP contribution in [0.25, 0.3) is 0 Å². The number of amides is 2. The SMILES string of the molecule is O=C(CSc1nc(CC(=O)NCCc2ccccc2)cc(=O)[nH]1)NCc1ccco1. The number of carbonyl (C=O) groups excluding carboxylic acids is 2. The van der Waals surface area contributed by atoms with Crippen molar-refractivity contribution in [2.45, 2.75) is 24.5 Å². The lowest BCUT2D eigenvalue weighted by molar-refractivity contribution is -0.120. The predicted molar refractivity (Wildman–Crippen MR) is 113 cm³/mol. The Kier molecular flexibility index (Phi) is 7.85. The Bertz CT molecular complexity index is 1020. The fraction of sp³-hybridized carbons (Fsp3) is 0.238. The first-order valence-corrected chi connectivity index (χ1v) is 10.4. The quantitative estimate of drug-likeness (QED) is 0.335. The molecule has 3 N–H and O–H groups in total. The summed E-state index contributed by atoms with van der Waals surface area (Å²) in [6, 6.07) is 14.6. The van der Waals surface area contributed by atoms with E-state index < -0.39 is 0 Å². The van der Waals surface area contributed by atoms with Crippen molar-refractivity contribution < 1.29 is 14.0 Å². The lowest BCUT2D eigenvalue weighted by atomic mass is 10.1. The zero-order chi connectivity index (χ0) is 21.2. The van der Waals surface area contributed by atoms with Crippen molar-refractivity contribution in [3.05, 3.63) is 82.2 Å². The molecule has 0 fully saturated rings. The Labute approximate surface area is 177 Å². The number of thioether (sulfide) groups is 1. The molecule has 2 heterocycles. The molecule has 9 heteroatoms. The van der Waals surface area contributed by atoms with Gasteiger partial charge in [-0.25, -0.2) is 4.98 Å². The Morgan fingerprint density at radius 1 is 1.07 bits per heavy atom. The molecule has 3 rings (SSSR count). The molecule has 2 aromatic heterocycles. The van der Waals surface area contributed by atoms with Crippen LogP contribution in [0.1, 0.15) is 17.0 Å². The summed E-state index contributed by atoms with van der Waals surface area (Å²) in [4.78, 5) is 42.8. The minimum Gasteiger partial charge on any atom is -0.467 e. The molecule has 0 spiro atoms. The first-order valence-electron chi connectivity index (χ1n) is 9.41. The van der Waals surface area contributed by atoms with Gasteiger partial charge in [0.2, 0.25) is 11.8 Å². The highest BCUT2D eigenvalue weighted by Crippen LogP contribution is 2.11. The molecule has 0 bridgehead atoms. The summed E-state index contributed by atoms with van der Waals surface area (Å²) >= 11 is 1.10. The smallest absolute Gasteiger partial charge is 0.251 e. The monoisotopic (exact) mass is 426 g/mol. The van der Waals surface area contributed by atoms with Crippen molar-refractivity contribution in [2.75, 3.05) is 12.3 Å². The number of carbonyl (C=O) groups is 2. The molecule has 30 heavy (non-hydrogen) atoms. The first-order chi connectivity index (χ1) is 14.6. The van der Waals surface area contributed by atoms with Crippen LogP contribution in [0.15, 0.2) is 69.2 Å². The molecule has 0 saturated carbocycles. The summed E-state index contributed by atoms with van der Waals surface area (Å²) in [6.45, 7) is 0.795. The fourth-order valence-electron chi connectivity index (χ4n) is 2.64. The van der Waals surface area contributed by atoms with E-state index in [9.17, 15) is 14.4 Å². The highest BCUT2D eigenvalue weighted by Gasteiger charge is 2.10. The molecular formula is C21H22N4O4S. The molecule has 0 unspecified atom stereocenters. The molecule has 1 aromatic carbocycles. The maximum absolute atomic E-state index is 12.1. The molecule has 0 atom stereocenters. The van der Waals surface area contributed by atoms with Crippen molar-refractivity contribution in [3.8, 4) is 0 Å². The van der Waals surface area contributed by atoms with Gasteiger partial charge in [-0.05, 0) is 24.1 Å². The lowest BCUT2D eigenvalue weighted by Gasteiger charge is -2.07. The number of aromatic amines is 1. The van der Waals surface area contributed by atoms with Gasteiger partial charge in [-0.1, -0.05) is 42.1 Å². The van der Waals surface area contributed by atoms with Gasteiger partial charge in [0.15, 0.2) is 5.16 Å². The van der Waals surface area contributed by atoms with Crippen LogP contribution in [-0.2, 0) is 29.0 Å². The van der Waals surface area contributed by atoms with Crippen molar-refractivity contribution >= 4 is 23.6 Å². The second kappa shape index (κ2) is 11.0. The maximum Gasteiger partial charge on any atom is 0.251 e. The van der Waals surface area contributed by atoms with Crippen LogP contribution in [0.2, 0.25) is 0 Å². The van der Waals surface area contributed by atoms with Gasteiger partial charge >= 0.3 is 0 Å². The van der Waals surface area contributed by atoms with Crippen LogP contribution in [0.3, 0.4) is 0 Å². The lowest BCUT2D eigenvalue weighted by Crippen LogP contribution is -2.28. The topological polar surface area (TPSA) is 117 Å². The van der Waals surface area contributed by atoms with E-state index in [-0.39, 0.29) is 29.5 Å². The van der Waals surface area contributed by atoms with Crippen LogP contribution in [0, 0.1) is 0 Å². The zero-order valence-electron chi connectivity index (χ0n) is 16.2. The second-order valence-electron chi connectivity index (χ2n) is 6.45. The minimum absolute atomic E-state index is 0.00302. The van der Waals surface area contributed by atoms with E-state index in [1.807, 2.05) is 30.3 Å². The number of nitrogens with one attached hydrogen (secondary N) is 3. The molecule has 0 aliphatic heterocycles. The fourth-order valence-corrected chi connectivity index (χ4v) is 3.37. The second-order valence-corrected chi connectivity index (χ2v) is 7.41. The van der Waals surface area contributed by atoms with Crippen LogP contribution < -0.4 is 16.2 Å². The number of hydrogen-bond donors (Lipinski definition) is 3. The number of benzene rings is 1. The van der Waals surface area contributed by atoms with E-state index >= 15 is 0 Å². The van der Waals surface area contributed by atoms with Gasteiger partial charge in [-0.15, -0.1) is 0 Å². The summed E-state index contributed by atoms with van der Waals surface area (Å²) < 4.78 is 5.15. The van der Waals surface area contributed by atoms with Crippen LogP contribution in [0.4, 0.5) is 0 Å². The van der Waals surface area contributed by atoms with E-state index in [0.717, 1.165) is 23.7 Å². The van der Waals surface area contributed by atoms with Crippen molar-refractivity contribution in [3.63, 3.8) is 0 Å². The van der Waals surface area contributed by atoms with Crippen LogP contribution in [0.5, 0.6) is 0 Å². The Hall–Kier alpha value is -3.33. The average molecular weight is 426 g/mol. The van der Waals surface area contributed by atoms with Gasteiger partial charge in [0.25, 0.3) is 5.56 Å². The summed E-state index contributed by atoms with van der Waals surface area (Å²) in [6.07, 6.45) is 2.26. The van der Waals surface area contributed by atoms with E-state index in [4.69, 9.17) is 4.42 Å². The number of nitrogens with zero attached hydrogens (tertiary/aromatic N) is 1. The molecule has 0 radical (unpaired) electrons. The van der Waals surface area contributed by atoms with Gasteiger partial charge in [-0.3, -0.25) is 14.4 Å². The van der Waals surface area contributed by atoms with E-state index in [2.05, 4.69) is 20.6 Å². The predicted octanol–water partition coefficient (Wildman–Crippen LogP) is 1.67. The number of furan rings is 1. The molecule has 0 saturated heterocycles. The molecule has 2 amide bonds. The van der Waals surface area contributed by atoms with Gasteiger partial charge in [-0.2, -0.15) is 0 Å². The molecule has 8 nitrogen and oxygen atoms in total. The number of aromatic nitrogens is 2. The zero-order valence-corrected chi connectivity index (χ0v) is 17.0. The summed E-state index contributed by atoms with van der Waals surface area (Å²) in [5.74, 6) is 0.301. The van der Waals surface area contributed by atoms with Crippen LogP contribution in [-0.4, -0.2) is 34.1 Å². The molecular weight excluding hydrogens is 404 g/mol. The summed E-state index contributed by atoms with van der Waals surface area (Å²) in [5.41, 5.74) is 1.13. The van der Waals surface area contributed by atoms with Gasteiger partial charge < -0.3 is 20.0 Å². The van der Waals surface area contributed by atoms with Crippen molar-refractivity contribution in [1.29, 1.82) is 0 Å². The third kappa shape index (κ3) is 7.25. The van der Waals surface area contributed by atoms with E-state index in [0.29, 0.717) is 29.7 Å². The Balaban J connectivity index is 1.45. The van der Waals surface area contributed by atoms with Gasteiger partial charge in [0.1, 0.15) is 5.76 Å². The summed E-state index contributed by atoms with van der Waals surface area (Å²) in [5, 5.41) is 5.84. The first kappa shape index (κ1) is 21.4. The van der Waals surface area contributed by atoms with E-state index in [1.165, 1.54) is 12.3 Å². The normalized spacial score (nSPS) is 10.5. The molecule has 0 aliphatic carbocycles. The third-order valence-electron chi connectivity index (χ3n) is 4.07. The largest absolute Gasteiger partial charge is 0.467 e. The van der Waals surface area contributed by atoms with Crippen molar-refractivity contribution in [2.24, 2.45) is 0 Å². The standard InChI is InChI=1S/C21H22N4O4S/c26-18(22-9-8-15-5-2-1-3-6-15)11-16-12-19(27)25-21(24-16)30-14-20(28)23-13-17-7-4-10-29-17/h1-7,10,12H,8-9,11,13-14H2,(H,22,26)(H,23,28)(H,24,25,27). The van der Waals surface area contributed by atoms with E-state index in [1.54, 1.807) is 12.1 Å². The number of H-pyrrole nitrogens is 1. The van der Waals surface area contributed by atoms with Crippen molar-refractivity contribution in [1.82, 2.24) is 20.6 Å². The van der Waals surface area contributed by atoms with Gasteiger partial charge in [0, 0.05) is 12.6 Å². The van der Waals surface area contributed by atoms with Gasteiger partial charge in [0.05, 0.1) is 30.7 Å². The minimum atomic E-state index is -0.365. The molecule has 156 valence electrons. The molecule has 3 aromatic rings. The maximum atomic E-state index is 12.1. The Morgan fingerprint density at radius 2 is 1.90 bits per heavy atom. The highest BCUT2D eigenvalue weighted by atomic mass is 32.2. The average Bonchev–Trinajstić information content (AvgIpc) is 3.25. The number of rotatable bonds is 10.